The predicted molar refractivity (Wildman–Crippen MR) is 57.6 cm³/mol. The van der Waals surface area contributed by atoms with Gasteiger partial charge in [0.2, 0.25) is 0 Å². The lowest BCUT2D eigenvalue weighted by molar-refractivity contribution is 0.504. The minimum Gasteiger partial charge on any atom is -0.121 e. The topological polar surface area (TPSA) is 0 Å². The Balaban J connectivity index is 2.78. The first-order valence-corrected chi connectivity index (χ1v) is 5.80. The molecule has 1 saturated carbocycles. The van der Waals surface area contributed by atoms with E-state index in [2.05, 4.69) is 0 Å². The zero-order valence-electron chi connectivity index (χ0n) is 5.78. The van der Waals surface area contributed by atoms with Crippen LogP contribution in [0.4, 0.5) is 0 Å². The Morgan fingerprint density at radius 3 is 1.92 bits per heavy atom. The Morgan fingerprint density at radius 1 is 0.917 bits per heavy atom. The first kappa shape index (κ1) is 11.8. The fraction of sp³-hybridized carbons (Fsp3) is 1.00. The van der Waals surface area contributed by atoms with Crippen LogP contribution in [0.3, 0.4) is 0 Å². The molecule has 1 rings (SSSR count). The zero-order valence-corrected chi connectivity index (χ0v) is 10.3. The summed E-state index contributed by atoms with van der Waals surface area (Å²) < 4.78 is -1.08. The van der Waals surface area contributed by atoms with Crippen LogP contribution in [-0.2, 0) is 0 Å². The number of halogens is 6. The summed E-state index contributed by atoms with van der Waals surface area (Å²) in [5.74, 6) is 0. The summed E-state index contributed by atoms with van der Waals surface area (Å²) in [5, 5.41) is -1.79. The van der Waals surface area contributed by atoms with Gasteiger partial charge in [-0.2, -0.15) is 0 Å². The van der Waals surface area contributed by atoms with Crippen molar-refractivity contribution in [2.24, 2.45) is 0 Å². The highest BCUT2D eigenvalue weighted by molar-refractivity contribution is 6.54. The smallest absolute Gasteiger partial charge is 0.121 e. The Morgan fingerprint density at radius 2 is 1.42 bits per heavy atom. The van der Waals surface area contributed by atoms with Crippen molar-refractivity contribution >= 4 is 69.6 Å². The van der Waals surface area contributed by atoms with Gasteiger partial charge in [-0.3, -0.25) is 0 Å². The van der Waals surface area contributed by atoms with Crippen LogP contribution in [0.2, 0.25) is 0 Å². The van der Waals surface area contributed by atoms with E-state index in [1.165, 1.54) is 0 Å². The largest absolute Gasteiger partial charge is 0.137 e. The monoisotopic (exact) mass is 288 g/mol. The van der Waals surface area contributed by atoms with Crippen molar-refractivity contribution in [2.45, 2.75) is 32.3 Å². The van der Waals surface area contributed by atoms with Gasteiger partial charge < -0.3 is 0 Å². The molecular formula is C6H6Cl6. The van der Waals surface area contributed by atoms with Crippen molar-refractivity contribution in [3.8, 4) is 0 Å². The fourth-order valence-corrected chi connectivity index (χ4v) is 3.39. The average molecular weight is 291 g/mol. The highest BCUT2D eigenvalue weighted by atomic mass is 35.5. The van der Waals surface area contributed by atoms with E-state index < -0.39 is 15.1 Å². The van der Waals surface area contributed by atoms with E-state index in [9.17, 15) is 0 Å². The van der Waals surface area contributed by atoms with E-state index in [-0.39, 0.29) is 10.8 Å². The summed E-state index contributed by atoms with van der Waals surface area (Å²) >= 11 is 35.3. The van der Waals surface area contributed by atoms with Crippen molar-refractivity contribution in [1.82, 2.24) is 0 Å². The third-order valence-corrected chi connectivity index (χ3v) is 5.36. The van der Waals surface area contributed by atoms with E-state index in [1.54, 1.807) is 0 Å². The van der Waals surface area contributed by atoms with E-state index >= 15 is 0 Å². The van der Waals surface area contributed by atoms with Gasteiger partial charge in [-0.05, 0) is 6.42 Å². The van der Waals surface area contributed by atoms with Crippen LogP contribution >= 0.6 is 69.6 Å². The van der Waals surface area contributed by atoms with E-state index in [0.29, 0.717) is 6.42 Å². The van der Waals surface area contributed by atoms with Gasteiger partial charge in [-0.25, -0.2) is 0 Å². The molecule has 0 heterocycles. The second-order valence-electron chi connectivity index (χ2n) is 2.77. The zero-order chi connectivity index (χ0) is 9.52. The van der Waals surface area contributed by atoms with Crippen molar-refractivity contribution in [3.63, 3.8) is 0 Å². The van der Waals surface area contributed by atoms with E-state index in [4.69, 9.17) is 69.6 Å². The molecule has 1 aliphatic rings. The molecule has 1 fully saturated rings. The number of hydrogen-bond acceptors (Lipinski definition) is 0. The highest BCUT2D eigenvalue weighted by Crippen LogP contribution is 2.46. The van der Waals surface area contributed by atoms with Crippen molar-refractivity contribution in [2.75, 3.05) is 0 Å². The Labute approximate surface area is 101 Å². The van der Waals surface area contributed by atoms with Crippen molar-refractivity contribution < 1.29 is 0 Å². The normalized spacial score (nSPS) is 47.5. The summed E-state index contributed by atoms with van der Waals surface area (Å²) in [7, 11) is 0. The van der Waals surface area contributed by atoms with Gasteiger partial charge in [-0.15, -0.1) is 46.4 Å². The molecule has 4 atom stereocenters. The lowest BCUT2D eigenvalue weighted by Crippen LogP contribution is -2.49. The van der Waals surface area contributed by atoms with Gasteiger partial charge in [0.15, 0.2) is 0 Å². The molecule has 0 nitrogen and oxygen atoms in total. The van der Waals surface area contributed by atoms with Crippen LogP contribution < -0.4 is 0 Å². The standard InChI is InChI=1S/C6H6Cl6/c7-2-1-6(11,12)5(10)4(9)3(2)8/h2-5H,1H2. The van der Waals surface area contributed by atoms with E-state index in [0.717, 1.165) is 0 Å². The van der Waals surface area contributed by atoms with Gasteiger partial charge in [0, 0.05) is 0 Å². The third-order valence-electron chi connectivity index (χ3n) is 1.80. The molecule has 4 unspecified atom stereocenters. The molecule has 0 saturated heterocycles. The molecule has 0 amide bonds. The van der Waals surface area contributed by atoms with Gasteiger partial charge in [0.25, 0.3) is 0 Å². The molecule has 0 aliphatic heterocycles. The molecule has 0 aromatic carbocycles. The summed E-state index contributed by atoms with van der Waals surface area (Å²) in [5.41, 5.74) is 0. The Kier molecular flexibility index (Phi) is 4.02. The first-order valence-electron chi connectivity index (χ1n) is 3.30. The highest BCUT2D eigenvalue weighted by Gasteiger charge is 2.49. The number of rotatable bonds is 0. The molecule has 0 radical (unpaired) electrons. The number of hydrogen-bond donors (Lipinski definition) is 0. The first-order chi connectivity index (χ1) is 5.36. The lowest BCUT2D eigenvalue weighted by atomic mass is 9.97. The summed E-state index contributed by atoms with van der Waals surface area (Å²) in [6.07, 6.45) is 0.350. The SMILES string of the molecule is ClC1CC(Cl)(Cl)C(Cl)C(Cl)C1Cl. The minimum absolute atomic E-state index is 0.334. The summed E-state index contributed by atoms with van der Waals surface area (Å²) in [6.45, 7) is 0. The molecule has 1 aliphatic carbocycles. The number of alkyl halides is 6. The second kappa shape index (κ2) is 4.08. The molecule has 0 bridgehead atoms. The summed E-state index contributed by atoms with van der Waals surface area (Å²) in [4.78, 5) is 0. The molecule has 12 heavy (non-hydrogen) atoms. The molecule has 0 spiro atoms. The third kappa shape index (κ3) is 2.21. The average Bonchev–Trinajstić information content (AvgIpc) is 1.97. The molecule has 0 aromatic rings. The van der Waals surface area contributed by atoms with Gasteiger partial charge in [0.05, 0.1) is 21.5 Å². The molecule has 6 heteroatoms. The quantitative estimate of drug-likeness (QED) is 0.592. The van der Waals surface area contributed by atoms with Gasteiger partial charge in [0.1, 0.15) is 4.33 Å². The second-order valence-corrected chi connectivity index (χ2v) is 6.35. The lowest BCUT2D eigenvalue weighted by Gasteiger charge is -2.39. The predicted octanol–water partition coefficient (Wildman–Crippen LogP) is 3.99. The molecule has 0 aromatic heterocycles. The van der Waals surface area contributed by atoms with Crippen LogP contribution in [-0.4, -0.2) is 25.8 Å². The van der Waals surface area contributed by atoms with Crippen LogP contribution in [0, 0.1) is 0 Å². The van der Waals surface area contributed by atoms with Crippen LogP contribution in [0.1, 0.15) is 6.42 Å². The van der Waals surface area contributed by atoms with Crippen LogP contribution in [0.5, 0.6) is 0 Å². The maximum atomic E-state index is 5.88. The van der Waals surface area contributed by atoms with Crippen molar-refractivity contribution in [1.29, 1.82) is 0 Å². The molecule has 72 valence electrons. The minimum atomic E-state index is -1.08. The van der Waals surface area contributed by atoms with E-state index in [1.807, 2.05) is 0 Å². The maximum absolute atomic E-state index is 5.88. The summed E-state index contributed by atoms with van der Waals surface area (Å²) in [6, 6.07) is 0. The molecule has 0 N–H and O–H groups in total. The van der Waals surface area contributed by atoms with Crippen LogP contribution in [0.15, 0.2) is 0 Å². The van der Waals surface area contributed by atoms with Crippen molar-refractivity contribution in [3.05, 3.63) is 0 Å². The molecular weight excluding hydrogens is 285 g/mol. The van der Waals surface area contributed by atoms with Crippen LogP contribution in [0.25, 0.3) is 0 Å². The fourth-order valence-electron chi connectivity index (χ4n) is 1.08. The van der Waals surface area contributed by atoms with Gasteiger partial charge >= 0.3 is 0 Å². The van der Waals surface area contributed by atoms with Gasteiger partial charge in [-0.1, -0.05) is 23.2 Å². The Bertz CT molecular complexity index is 169. The maximum Gasteiger partial charge on any atom is 0.137 e. The Hall–Kier alpha value is 1.74.